The number of hydrogen-bond acceptors (Lipinski definition) is 2. The van der Waals surface area contributed by atoms with Gasteiger partial charge in [-0.2, -0.15) is 0 Å². The predicted molar refractivity (Wildman–Crippen MR) is 79.0 cm³/mol. The summed E-state index contributed by atoms with van der Waals surface area (Å²) >= 11 is 0. The fraction of sp³-hybridized carbons (Fsp3) is 0.938. The molecule has 2 N–H and O–H groups in total. The highest BCUT2D eigenvalue weighted by molar-refractivity contribution is 5.87. The van der Waals surface area contributed by atoms with Gasteiger partial charge in [0.05, 0.1) is 5.54 Å². The Morgan fingerprint density at radius 1 is 1.32 bits per heavy atom. The molecule has 0 aromatic heterocycles. The minimum atomic E-state index is -0.269. The molecule has 0 aromatic rings. The van der Waals surface area contributed by atoms with E-state index in [1.54, 1.807) is 0 Å². The molecule has 19 heavy (non-hydrogen) atoms. The van der Waals surface area contributed by atoms with Crippen molar-refractivity contribution in [3.63, 3.8) is 0 Å². The molecule has 1 heterocycles. The van der Waals surface area contributed by atoms with Gasteiger partial charge in [0.15, 0.2) is 0 Å². The van der Waals surface area contributed by atoms with Crippen LogP contribution in [0, 0.1) is 11.8 Å². The highest BCUT2D eigenvalue weighted by Crippen LogP contribution is 2.31. The lowest BCUT2D eigenvalue weighted by Gasteiger charge is -2.37. The predicted octanol–water partition coefficient (Wildman–Crippen LogP) is 2.85. The molecule has 2 aliphatic rings. The van der Waals surface area contributed by atoms with Gasteiger partial charge in [0.2, 0.25) is 5.91 Å². The lowest BCUT2D eigenvalue weighted by molar-refractivity contribution is -0.129. The highest BCUT2D eigenvalue weighted by Gasteiger charge is 2.41. The van der Waals surface area contributed by atoms with E-state index in [0.717, 1.165) is 44.6 Å². The fourth-order valence-corrected chi connectivity index (χ4v) is 3.85. The number of nitrogens with one attached hydrogen (secondary N) is 2. The molecule has 0 spiro atoms. The lowest BCUT2D eigenvalue weighted by atomic mass is 9.77. The molecule has 3 nitrogen and oxygen atoms in total. The molecule has 110 valence electrons. The molecule has 0 radical (unpaired) electrons. The number of hydrogen-bond donors (Lipinski definition) is 2. The fourth-order valence-electron chi connectivity index (χ4n) is 3.85. The van der Waals surface area contributed by atoms with Gasteiger partial charge in [-0.25, -0.2) is 0 Å². The highest BCUT2D eigenvalue weighted by atomic mass is 16.2. The molecule has 2 fully saturated rings. The van der Waals surface area contributed by atoms with E-state index in [-0.39, 0.29) is 11.4 Å². The van der Waals surface area contributed by atoms with E-state index in [0.29, 0.717) is 12.0 Å². The van der Waals surface area contributed by atoms with Gasteiger partial charge in [0, 0.05) is 6.04 Å². The van der Waals surface area contributed by atoms with Crippen molar-refractivity contribution < 1.29 is 4.79 Å². The second-order valence-corrected chi connectivity index (χ2v) is 6.71. The largest absolute Gasteiger partial charge is 0.351 e. The summed E-state index contributed by atoms with van der Waals surface area (Å²) in [6.07, 6.45) is 7.88. The molecule has 1 amide bonds. The maximum atomic E-state index is 12.7. The van der Waals surface area contributed by atoms with Crippen molar-refractivity contribution in [2.24, 2.45) is 11.8 Å². The Balaban J connectivity index is 1.98. The lowest BCUT2D eigenvalue weighted by Crippen LogP contribution is -2.57. The monoisotopic (exact) mass is 266 g/mol. The van der Waals surface area contributed by atoms with Crippen LogP contribution in [0.4, 0.5) is 0 Å². The van der Waals surface area contributed by atoms with Gasteiger partial charge in [-0.05, 0) is 44.1 Å². The van der Waals surface area contributed by atoms with Gasteiger partial charge in [-0.3, -0.25) is 4.79 Å². The van der Waals surface area contributed by atoms with Crippen LogP contribution >= 0.6 is 0 Å². The zero-order valence-corrected chi connectivity index (χ0v) is 12.8. The molecule has 3 heteroatoms. The quantitative estimate of drug-likeness (QED) is 0.821. The summed E-state index contributed by atoms with van der Waals surface area (Å²) in [5, 5.41) is 6.84. The van der Waals surface area contributed by atoms with Crippen LogP contribution in [0.2, 0.25) is 0 Å². The molecule has 0 aromatic carbocycles. The first-order chi connectivity index (χ1) is 9.09. The van der Waals surface area contributed by atoms with Crippen LogP contribution in [0.25, 0.3) is 0 Å². The third kappa shape index (κ3) is 3.13. The Bertz CT molecular complexity index is 310. The van der Waals surface area contributed by atoms with Gasteiger partial charge < -0.3 is 10.6 Å². The summed E-state index contributed by atoms with van der Waals surface area (Å²) in [5.74, 6) is 1.60. The van der Waals surface area contributed by atoms with Crippen molar-refractivity contribution >= 4 is 5.91 Å². The topological polar surface area (TPSA) is 41.1 Å². The number of rotatable bonds is 4. The van der Waals surface area contributed by atoms with Crippen molar-refractivity contribution in [1.29, 1.82) is 0 Å². The van der Waals surface area contributed by atoms with E-state index in [1.807, 2.05) is 0 Å². The van der Waals surface area contributed by atoms with E-state index in [2.05, 4.69) is 31.4 Å². The summed E-state index contributed by atoms with van der Waals surface area (Å²) < 4.78 is 0. The van der Waals surface area contributed by atoms with Crippen molar-refractivity contribution in [1.82, 2.24) is 10.6 Å². The smallest absolute Gasteiger partial charge is 0.240 e. The van der Waals surface area contributed by atoms with Crippen LogP contribution in [0.1, 0.15) is 65.7 Å². The Labute approximate surface area is 117 Å². The third-order valence-corrected chi connectivity index (χ3v) is 5.38. The van der Waals surface area contributed by atoms with Gasteiger partial charge >= 0.3 is 0 Å². The Hall–Kier alpha value is -0.570. The second-order valence-electron chi connectivity index (χ2n) is 6.71. The van der Waals surface area contributed by atoms with Gasteiger partial charge in [-0.1, -0.05) is 40.0 Å². The Morgan fingerprint density at radius 2 is 2.11 bits per heavy atom. The van der Waals surface area contributed by atoms with E-state index >= 15 is 0 Å². The summed E-state index contributed by atoms with van der Waals surface area (Å²) in [7, 11) is 0. The SMILES string of the molecule is CCCC1(C(=O)NC2CCCC(C)C2C)CCCN1. The van der Waals surface area contributed by atoms with Crippen LogP contribution in [0.5, 0.6) is 0 Å². The van der Waals surface area contributed by atoms with Crippen molar-refractivity contribution in [3.05, 3.63) is 0 Å². The molecule has 1 saturated carbocycles. The van der Waals surface area contributed by atoms with Gasteiger partial charge in [0.25, 0.3) is 0 Å². The Morgan fingerprint density at radius 3 is 2.74 bits per heavy atom. The zero-order chi connectivity index (χ0) is 13.9. The second kappa shape index (κ2) is 6.25. The summed E-state index contributed by atoms with van der Waals surface area (Å²) in [6.45, 7) is 7.77. The molecular formula is C16H30N2O. The van der Waals surface area contributed by atoms with Crippen LogP contribution < -0.4 is 10.6 Å². The van der Waals surface area contributed by atoms with Crippen LogP contribution in [-0.2, 0) is 4.79 Å². The van der Waals surface area contributed by atoms with Crippen molar-refractivity contribution in [2.75, 3.05) is 6.54 Å². The summed E-state index contributed by atoms with van der Waals surface area (Å²) in [4.78, 5) is 12.7. The average Bonchev–Trinajstić information content (AvgIpc) is 2.85. The minimum absolute atomic E-state index is 0.262. The zero-order valence-electron chi connectivity index (χ0n) is 12.8. The van der Waals surface area contributed by atoms with Gasteiger partial charge in [-0.15, -0.1) is 0 Å². The molecule has 1 aliphatic heterocycles. The molecule has 2 rings (SSSR count). The molecule has 1 saturated heterocycles. The standard InChI is InChI=1S/C16H30N2O/c1-4-9-16(10-6-11-17-16)15(19)18-14-8-5-7-12(2)13(14)3/h12-14,17H,4-11H2,1-3H3,(H,18,19). The number of carbonyl (C=O) groups is 1. The normalized spacial score (nSPS) is 39.2. The average molecular weight is 266 g/mol. The minimum Gasteiger partial charge on any atom is -0.351 e. The maximum absolute atomic E-state index is 12.7. The van der Waals surface area contributed by atoms with Crippen molar-refractivity contribution in [2.45, 2.75) is 77.3 Å². The van der Waals surface area contributed by atoms with E-state index < -0.39 is 0 Å². The van der Waals surface area contributed by atoms with E-state index in [4.69, 9.17) is 0 Å². The van der Waals surface area contributed by atoms with E-state index in [1.165, 1.54) is 12.8 Å². The summed E-state index contributed by atoms with van der Waals surface area (Å²) in [5.41, 5.74) is -0.269. The first-order valence-electron chi connectivity index (χ1n) is 8.15. The molecule has 4 unspecified atom stereocenters. The van der Waals surface area contributed by atoms with Crippen LogP contribution in [-0.4, -0.2) is 24.0 Å². The number of amides is 1. The molecule has 0 bridgehead atoms. The van der Waals surface area contributed by atoms with Gasteiger partial charge in [0.1, 0.15) is 0 Å². The molecule has 1 aliphatic carbocycles. The first-order valence-corrected chi connectivity index (χ1v) is 8.15. The third-order valence-electron chi connectivity index (χ3n) is 5.38. The van der Waals surface area contributed by atoms with Crippen molar-refractivity contribution in [3.8, 4) is 0 Å². The maximum Gasteiger partial charge on any atom is 0.240 e. The van der Waals surface area contributed by atoms with E-state index in [9.17, 15) is 4.79 Å². The van der Waals surface area contributed by atoms with Crippen LogP contribution in [0.15, 0.2) is 0 Å². The summed E-state index contributed by atoms with van der Waals surface area (Å²) in [6, 6.07) is 0.382. The molecule has 4 atom stereocenters. The van der Waals surface area contributed by atoms with Crippen LogP contribution in [0.3, 0.4) is 0 Å². The number of carbonyl (C=O) groups excluding carboxylic acids is 1. The molecular weight excluding hydrogens is 236 g/mol. The first kappa shape index (κ1) is 14.8. The Kier molecular flexibility index (Phi) is 4.88.